The standard InChI is InChI=1S/C19H25F2N3O2/c1-3-10-26-14-6-4-13(5-7-14)23-19(25)15-8-9-24-16(17(20)21)11-12(2)22-18(15)24/h8-9,11,13-14,17H,3-7,10H2,1-2H3,(H,23,25). The summed E-state index contributed by atoms with van der Waals surface area (Å²) in [6, 6.07) is 2.98. The molecular formula is C19H25F2N3O2. The van der Waals surface area contributed by atoms with Crippen molar-refractivity contribution in [3.05, 3.63) is 35.3 Å². The average Bonchev–Trinajstić information content (AvgIpc) is 3.04. The second-order valence-corrected chi connectivity index (χ2v) is 6.86. The van der Waals surface area contributed by atoms with Crippen molar-refractivity contribution in [3.63, 3.8) is 0 Å². The SMILES string of the molecule is CCCOC1CCC(NC(=O)c2ccn3c(C(F)F)cc(C)nc23)CC1. The first kappa shape index (κ1) is 18.8. The third-order valence-corrected chi connectivity index (χ3v) is 4.81. The van der Waals surface area contributed by atoms with E-state index in [-0.39, 0.29) is 29.4 Å². The molecule has 1 saturated carbocycles. The third-order valence-electron chi connectivity index (χ3n) is 4.81. The van der Waals surface area contributed by atoms with E-state index in [0.717, 1.165) is 38.7 Å². The number of amides is 1. The number of aryl methyl sites for hydroxylation is 1. The van der Waals surface area contributed by atoms with Crippen LogP contribution in [0.3, 0.4) is 0 Å². The molecule has 0 atom stereocenters. The molecule has 1 aliphatic rings. The fraction of sp³-hybridized carbons (Fsp3) is 0.579. The van der Waals surface area contributed by atoms with E-state index >= 15 is 0 Å². The summed E-state index contributed by atoms with van der Waals surface area (Å²) in [5.41, 5.74) is 0.923. The van der Waals surface area contributed by atoms with Crippen LogP contribution < -0.4 is 5.32 Å². The van der Waals surface area contributed by atoms with Gasteiger partial charge in [-0.25, -0.2) is 13.8 Å². The molecule has 1 amide bonds. The van der Waals surface area contributed by atoms with Gasteiger partial charge in [-0.2, -0.15) is 0 Å². The number of halogens is 2. The first-order chi connectivity index (χ1) is 12.5. The van der Waals surface area contributed by atoms with E-state index in [0.29, 0.717) is 11.3 Å². The number of carbonyl (C=O) groups is 1. The predicted molar refractivity (Wildman–Crippen MR) is 94.6 cm³/mol. The molecule has 0 unspecified atom stereocenters. The number of rotatable bonds is 6. The van der Waals surface area contributed by atoms with Gasteiger partial charge < -0.3 is 10.1 Å². The van der Waals surface area contributed by atoms with Crippen molar-refractivity contribution in [1.82, 2.24) is 14.7 Å². The lowest BCUT2D eigenvalue weighted by molar-refractivity contribution is 0.0227. The average molecular weight is 365 g/mol. The number of aromatic nitrogens is 2. The van der Waals surface area contributed by atoms with Crippen LogP contribution in [0.15, 0.2) is 18.3 Å². The van der Waals surface area contributed by atoms with Crippen molar-refractivity contribution in [3.8, 4) is 0 Å². The minimum absolute atomic E-state index is 0.0818. The fourth-order valence-electron chi connectivity index (χ4n) is 3.50. The number of ether oxygens (including phenoxy) is 1. The molecule has 1 aliphatic carbocycles. The van der Waals surface area contributed by atoms with Gasteiger partial charge in [0, 0.05) is 24.5 Å². The summed E-state index contributed by atoms with van der Waals surface area (Å²) in [6.07, 6.45) is 3.71. The van der Waals surface area contributed by atoms with Gasteiger partial charge in [-0.05, 0) is 51.2 Å². The molecule has 26 heavy (non-hydrogen) atoms. The maximum atomic E-state index is 13.2. The molecule has 0 spiro atoms. The van der Waals surface area contributed by atoms with E-state index in [1.54, 1.807) is 13.0 Å². The number of alkyl halides is 2. The van der Waals surface area contributed by atoms with Gasteiger partial charge in [0.1, 0.15) is 5.65 Å². The predicted octanol–water partition coefficient (Wildman–Crippen LogP) is 4.05. The van der Waals surface area contributed by atoms with Crippen LogP contribution in [0.2, 0.25) is 0 Å². The Kier molecular flexibility index (Phi) is 5.86. The first-order valence-electron chi connectivity index (χ1n) is 9.18. The van der Waals surface area contributed by atoms with Crippen LogP contribution in [-0.4, -0.2) is 34.0 Å². The van der Waals surface area contributed by atoms with E-state index in [1.807, 2.05) is 0 Å². The highest BCUT2D eigenvalue weighted by atomic mass is 19.3. The molecule has 0 bridgehead atoms. The molecule has 2 aromatic rings. The molecule has 1 fully saturated rings. The first-order valence-corrected chi connectivity index (χ1v) is 9.18. The second kappa shape index (κ2) is 8.12. The van der Waals surface area contributed by atoms with Crippen LogP contribution in [0.1, 0.15) is 67.2 Å². The molecule has 0 saturated heterocycles. The summed E-state index contributed by atoms with van der Waals surface area (Å²) in [5.74, 6) is -0.260. The van der Waals surface area contributed by atoms with Crippen molar-refractivity contribution in [2.75, 3.05) is 6.61 Å². The molecule has 142 valence electrons. The highest BCUT2D eigenvalue weighted by molar-refractivity contribution is 6.00. The van der Waals surface area contributed by atoms with Crippen LogP contribution in [0.4, 0.5) is 8.78 Å². The van der Waals surface area contributed by atoms with Gasteiger partial charge in [0.2, 0.25) is 0 Å². The van der Waals surface area contributed by atoms with Gasteiger partial charge in [0.05, 0.1) is 17.4 Å². The van der Waals surface area contributed by atoms with Gasteiger partial charge in [0.25, 0.3) is 12.3 Å². The van der Waals surface area contributed by atoms with E-state index in [1.165, 1.54) is 16.7 Å². The second-order valence-electron chi connectivity index (χ2n) is 6.86. The molecule has 5 nitrogen and oxygen atoms in total. The van der Waals surface area contributed by atoms with Crippen molar-refractivity contribution in [1.29, 1.82) is 0 Å². The molecule has 0 aromatic carbocycles. The van der Waals surface area contributed by atoms with E-state index in [4.69, 9.17) is 4.74 Å². The van der Waals surface area contributed by atoms with Crippen molar-refractivity contribution in [2.45, 2.75) is 64.5 Å². The van der Waals surface area contributed by atoms with Gasteiger partial charge in [-0.15, -0.1) is 0 Å². The zero-order valence-electron chi connectivity index (χ0n) is 15.2. The summed E-state index contributed by atoms with van der Waals surface area (Å²) in [4.78, 5) is 16.9. The van der Waals surface area contributed by atoms with Crippen molar-refractivity contribution >= 4 is 11.6 Å². The minimum atomic E-state index is -2.62. The Hall–Kier alpha value is -2.02. The fourth-order valence-corrected chi connectivity index (χ4v) is 3.50. The Bertz CT molecular complexity index is 767. The topological polar surface area (TPSA) is 55.6 Å². The molecule has 1 N–H and O–H groups in total. The lowest BCUT2D eigenvalue weighted by atomic mass is 9.92. The maximum absolute atomic E-state index is 13.2. The number of nitrogens with zero attached hydrogens (tertiary/aromatic N) is 2. The van der Waals surface area contributed by atoms with E-state index in [9.17, 15) is 13.6 Å². The zero-order chi connectivity index (χ0) is 18.7. The summed E-state index contributed by atoms with van der Waals surface area (Å²) in [7, 11) is 0. The summed E-state index contributed by atoms with van der Waals surface area (Å²) in [5, 5.41) is 3.02. The Morgan fingerprint density at radius 2 is 2.12 bits per heavy atom. The third kappa shape index (κ3) is 4.03. The Balaban J connectivity index is 1.69. The highest BCUT2D eigenvalue weighted by Gasteiger charge is 2.25. The summed E-state index contributed by atoms with van der Waals surface area (Å²) in [6.45, 7) is 4.51. The molecule has 2 aromatic heterocycles. The lowest BCUT2D eigenvalue weighted by Crippen LogP contribution is -2.39. The Morgan fingerprint density at radius 1 is 1.38 bits per heavy atom. The molecular weight excluding hydrogens is 340 g/mol. The highest BCUT2D eigenvalue weighted by Crippen LogP contribution is 2.24. The minimum Gasteiger partial charge on any atom is -0.378 e. The zero-order valence-corrected chi connectivity index (χ0v) is 15.2. The van der Waals surface area contributed by atoms with Gasteiger partial charge in [0.15, 0.2) is 0 Å². The smallest absolute Gasteiger partial charge is 0.278 e. The van der Waals surface area contributed by atoms with Crippen LogP contribution in [-0.2, 0) is 4.74 Å². The molecule has 3 rings (SSSR count). The normalized spacial score (nSPS) is 20.7. The molecule has 2 heterocycles. The Labute approximate surface area is 151 Å². The van der Waals surface area contributed by atoms with Gasteiger partial charge in [-0.1, -0.05) is 6.92 Å². The molecule has 7 heteroatoms. The quantitative estimate of drug-likeness (QED) is 0.840. The van der Waals surface area contributed by atoms with E-state index < -0.39 is 6.43 Å². The van der Waals surface area contributed by atoms with Crippen LogP contribution >= 0.6 is 0 Å². The summed E-state index contributed by atoms with van der Waals surface area (Å²) < 4.78 is 33.5. The molecule has 0 aliphatic heterocycles. The van der Waals surface area contributed by atoms with Gasteiger partial charge >= 0.3 is 0 Å². The summed E-state index contributed by atoms with van der Waals surface area (Å²) >= 11 is 0. The number of hydrogen-bond donors (Lipinski definition) is 1. The maximum Gasteiger partial charge on any atom is 0.278 e. The number of nitrogens with one attached hydrogen (secondary N) is 1. The van der Waals surface area contributed by atoms with Crippen LogP contribution in [0.5, 0.6) is 0 Å². The number of carbonyl (C=O) groups excluding carboxylic acids is 1. The Morgan fingerprint density at radius 3 is 2.77 bits per heavy atom. The van der Waals surface area contributed by atoms with Crippen molar-refractivity contribution in [2.24, 2.45) is 0 Å². The lowest BCUT2D eigenvalue weighted by Gasteiger charge is -2.29. The van der Waals surface area contributed by atoms with Crippen LogP contribution in [0.25, 0.3) is 5.65 Å². The number of fused-ring (bicyclic) bond motifs is 1. The van der Waals surface area contributed by atoms with Crippen LogP contribution in [0, 0.1) is 6.92 Å². The number of hydrogen-bond acceptors (Lipinski definition) is 3. The van der Waals surface area contributed by atoms with Crippen molar-refractivity contribution < 1.29 is 18.3 Å². The monoisotopic (exact) mass is 365 g/mol. The van der Waals surface area contributed by atoms with E-state index in [2.05, 4.69) is 17.2 Å². The largest absolute Gasteiger partial charge is 0.378 e. The van der Waals surface area contributed by atoms with Gasteiger partial charge in [-0.3, -0.25) is 9.20 Å². The molecule has 0 radical (unpaired) electrons.